The fourth-order valence-corrected chi connectivity index (χ4v) is 4.23. The maximum atomic E-state index is 12.4. The number of esters is 1. The number of carbonyl (C=O) groups excluding carboxylic acids is 1. The zero-order valence-electron chi connectivity index (χ0n) is 14.2. The lowest BCUT2D eigenvalue weighted by atomic mass is 10.0. The van der Waals surface area contributed by atoms with Crippen molar-refractivity contribution in [3.05, 3.63) is 40.2 Å². The molecule has 2 N–H and O–H groups in total. The third-order valence-electron chi connectivity index (χ3n) is 4.09. The predicted molar refractivity (Wildman–Crippen MR) is 109 cm³/mol. The van der Waals surface area contributed by atoms with Gasteiger partial charge in [0.25, 0.3) is 0 Å². The standard InChI is InChI=1S/C18H19ClN2O3S2/c1-23-17(22)15-13(12-6-2-3-7-14(12)19)10-26-16(15)21-18(25)20-9-11-5-4-8-24-11/h2-3,6-7,10-11H,4-5,8-9H2,1H3,(H2,20,21,25)/t11-/m1/s1. The van der Waals surface area contributed by atoms with Gasteiger partial charge in [-0.3, -0.25) is 0 Å². The molecule has 138 valence electrons. The zero-order valence-corrected chi connectivity index (χ0v) is 16.6. The average molecular weight is 411 g/mol. The summed E-state index contributed by atoms with van der Waals surface area (Å²) in [4.78, 5) is 12.4. The first kappa shape index (κ1) is 19.1. The van der Waals surface area contributed by atoms with E-state index in [0.29, 0.717) is 27.2 Å². The van der Waals surface area contributed by atoms with Gasteiger partial charge in [0, 0.05) is 34.7 Å². The quantitative estimate of drug-likeness (QED) is 0.565. The van der Waals surface area contributed by atoms with E-state index >= 15 is 0 Å². The fraction of sp³-hybridized carbons (Fsp3) is 0.333. The number of rotatable bonds is 5. The molecule has 26 heavy (non-hydrogen) atoms. The van der Waals surface area contributed by atoms with Gasteiger partial charge in [-0.15, -0.1) is 11.3 Å². The highest BCUT2D eigenvalue weighted by Gasteiger charge is 2.23. The van der Waals surface area contributed by atoms with Gasteiger partial charge in [-0.05, 0) is 31.1 Å². The molecule has 2 aromatic rings. The van der Waals surface area contributed by atoms with Crippen molar-refractivity contribution < 1.29 is 14.3 Å². The van der Waals surface area contributed by atoms with Crippen molar-refractivity contribution >= 4 is 51.2 Å². The second-order valence-corrected chi connectivity index (χ2v) is 7.49. The minimum absolute atomic E-state index is 0.178. The average Bonchev–Trinajstić information content (AvgIpc) is 3.29. The first-order chi connectivity index (χ1) is 12.6. The number of ether oxygens (including phenoxy) is 2. The number of nitrogens with one attached hydrogen (secondary N) is 2. The van der Waals surface area contributed by atoms with Crippen LogP contribution in [-0.2, 0) is 9.47 Å². The molecular weight excluding hydrogens is 392 g/mol. The second-order valence-electron chi connectivity index (χ2n) is 5.79. The van der Waals surface area contributed by atoms with Crippen molar-refractivity contribution in [2.75, 3.05) is 25.6 Å². The Kier molecular flexibility index (Phi) is 6.48. The van der Waals surface area contributed by atoms with Crippen LogP contribution in [0, 0.1) is 0 Å². The van der Waals surface area contributed by atoms with Gasteiger partial charge >= 0.3 is 5.97 Å². The number of thiophene rings is 1. The van der Waals surface area contributed by atoms with E-state index in [9.17, 15) is 4.79 Å². The van der Waals surface area contributed by atoms with Crippen LogP contribution in [0.3, 0.4) is 0 Å². The Labute approximate surface area is 166 Å². The lowest BCUT2D eigenvalue weighted by Gasteiger charge is -2.14. The van der Waals surface area contributed by atoms with Gasteiger partial charge in [0.2, 0.25) is 0 Å². The number of thiocarbonyl (C=S) groups is 1. The minimum Gasteiger partial charge on any atom is -0.465 e. The van der Waals surface area contributed by atoms with E-state index in [4.69, 9.17) is 33.3 Å². The van der Waals surface area contributed by atoms with Gasteiger partial charge in [0.1, 0.15) is 10.6 Å². The molecule has 0 radical (unpaired) electrons. The summed E-state index contributed by atoms with van der Waals surface area (Å²) in [5, 5.41) is 9.75. The van der Waals surface area contributed by atoms with Gasteiger partial charge in [0.15, 0.2) is 5.11 Å². The second kappa shape index (κ2) is 8.81. The highest BCUT2D eigenvalue weighted by molar-refractivity contribution is 7.80. The molecule has 0 unspecified atom stereocenters. The summed E-state index contributed by atoms with van der Waals surface area (Å²) in [6.07, 6.45) is 2.28. The Morgan fingerprint density at radius 1 is 1.42 bits per heavy atom. The van der Waals surface area contributed by atoms with E-state index in [-0.39, 0.29) is 6.10 Å². The summed E-state index contributed by atoms with van der Waals surface area (Å²) in [7, 11) is 1.36. The van der Waals surface area contributed by atoms with Crippen molar-refractivity contribution in [1.82, 2.24) is 5.32 Å². The number of benzene rings is 1. The molecule has 1 fully saturated rings. The summed E-state index contributed by atoms with van der Waals surface area (Å²) < 4.78 is 10.5. The highest BCUT2D eigenvalue weighted by atomic mass is 35.5. The molecule has 1 aliphatic heterocycles. The molecule has 0 saturated carbocycles. The molecule has 0 bridgehead atoms. The van der Waals surface area contributed by atoms with Crippen LogP contribution in [0.25, 0.3) is 11.1 Å². The van der Waals surface area contributed by atoms with E-state index in [1.54, 1.807) is 6.07 Å². The normalized spacial score (nSPS) is 16.3. The summed E-state index contributed by atoms with van der Waals surface area (Å²) in [6.45, 7) is 1.44. The third kappa shape index (κ3) is 4.35. The minimum atomic E-state index is -0.439. The van der Waals surface area contributed by atoms with Gasteiger partial charge in [0.05, 0.1) is 13.2 Å². The maximum absolute atomic E-state index is 12.4. The molecule has 1 aromatic heterocycles. The number of hydrogen-bond donors (Lipinski definition) is 2. The highest BCUT2D eigenvalue weighted by Crippen LogP contribution is 2.39. The van der Waals surface area contributed by atoms with Crippen molar-refractivity contribution in [2.24, 2.45) is 0 Å². The molecule has 0 aliphatic carbocycles. The zero-order chi connectivity index (χ0) is 18.5. The Morgan fingerprint density at radius 3 is 2.92 bits per heavy atom. The summed E-state index contributed by atoms with van der Waals surface area (Å²) in [5.41, 5.74) is 1.92. The van der Waals surface area contributed by atoms with Gasteiger partial charge in [-0.25, -0.2) is 4.79 Å². The molecule has 1 aliphatic rings. The lowest BCUT2D eigenvalue weighted by molar-refractivity contribution is 0.0603. The monoisotopic (exact) mass is 410 g/mol. The molecule has 2 heterocycles. The van der Waals surface area contributed by atoms with E-state index in [1.807, 2.05) is 23.6 Å². The number of carbonyl (C=O) groups is 1. The molecule has 1 saturated heterocycles. The molecule has 8 heteroatoms. The van der Waals surface area contributed by atoms with Crippen LogP contribution in [0.2, 0.25) is 5.02 Å². The predicted octanol–water partition coefficient (Wildman–Crippen LogP) is 4.32. The lowest BCUT2D eigenvalue weighted by Crippen LogP contribution is -2.34. The van der Waals surface area contributed by atoms with Crippen molar-refractivity contribution in [2.45, 2.75) is 18.9 Å². The Morgan fingerprint density at radius 2 is 2.23 bits per heavy atom. The summed E-state index contributed by atoms with van der Waals surface area (Å²) >= 11 is 13.0. The van der Waals surface area contributed by atoms with Crippen LogP contribution in [0.5, 0.6) is 0 Å². The van der Waals surface area contributed by atoms with Gasteiger partial charge < -0.3 is 20.1 Å². The molecule has 1 atom stereocenters. The SMILES string of the molecule is COC(=O)c1c(-c2ccccc2Cl)csc1NC(=S)NC[C@H]1CCCO1. The van der Waals surface area contributed by atoms with E-state index in [0.717, 1.165) is 30.6 Å². The first-order valence-corrected chi connectivity index (χ1v) is 9.88. The number of methoxy groups -OCH3 is 1. The van der Waals surface area contributed by atoms with Crippen LogP contribution in [0.15, 0.2) is 29.6 Å². The van der Waals surface area contributed by atoms with Gasteiger partial charge in [-0.2, -0.15) is 0 Å². The van der Waals surface area contributed by atoms with Crippen molar-refractivity contribution in [1.29, 1.82) is 0 Å². The van der Waals surface area contributed by atoms with Crippen molar-refractivity contribution in [3.8, 4) is 11.1 Å². The van der Waals surface area contributed by atoms with E-state index in [2.05, 4.69) is 10.6 Å². The first-order valence-electron chi connectivity index (χ1n) is 8.21. The van der Waals surface area contributed by atoms with Crippen LogP contribution in [-0.4, -0.2) is 37.4 Å². The smallest absolute Gasteiger partial charge is 0.341 e. The van der Waals surface area contributed by atoms with Gasteiger partial charge in [-0.1, -0.05) is 29.8 Å². The number of halogens is 1. The van der Waals surface area contributed by atoms with Crippen LogP contribution >= 0.6 is 35.2 Å². The van der Waals surface area contributed by atoms with Crippen LogP contribution in [0.4, 0.5) is 5.00 Å². The molecule has 1 aromatic carbocycles. The van der Waals surface area contributed by atoms with Crippen LogP contribution < -0.4 is 10.6 Å². The Balaban J connectivity index is 1.79. The third-order valence-corrected chi connectivity index (χ3v) is 5.56. The van der Waals surface area contributed by atoms with Crippen molar-refractivity contribution in [3.63, 3.8) is 0 Å². The van der Waals surface area contributed by atoms with E-state index in [1.165, 1.54) is 18.4 Å². The van der Waals surface area contributed by atoms with Crippen LogP contribution in [0.1, 0.15) is 23.2 Å². The number of anilines is 1. The number of hydrogen-bond acceptors (Lipinski definition) is 5. The summed E-state index contributed by atoms with van der Waals surface area (Å²) in [6, 6.07) is 7.38. The molecule has 3 rings (SSSR count). The molecule has 5 nitrogen and oxygen atoms in total. The molecule has 0 spiro atoms. The molecular formula is C18H19ClN2O3S2. The fourth-order valence-electron chi connectivity index (χ4n) is 2.79. The Bertz CT molecular complexity index is 803. The Hall–Kier alpha value is -1.67. The maximum Gasteiger partial charge on any atom is 0.341 e. The largest absolute Gasteiger partial charge is 0.465 e. The van der Waals surface area contributed by atoms with E-state index < -0.39 is 5.97 Å². The topological polar surface area (TPSA) is 59.6 Å². The summed E-state index contributed by atoms with van der Waals surface area (Å²) in [5.74, 6) is -0.439. The molecule has 0 amide bonds.